The van der Waals surface area contributed by atoms with Crippen molar-refractivity contribution in [3.63, 3.8) is 0 Å². The number of thiocarbonyl (C=S) groups is 1. The predicted octanol–water partition coefficient (Wildman–Crippen LogP) is 5.09. The van der Waals surface area contributed by atoms with Crippen molar-refractivity contribution in [2.24, 2.45) is 0 Å². The lowest BCUT2D eigenvalue weighted by Gasteiger charge is -2.14. The van der Waals surface area contributed by atoms with E-state index in [9.17, 15) is 4.79 Å². The molecule has 0 radical (unpaired) electrons. The van der Waals surface area contributed by atoms with Crippen LogP contribution >= 0.6 is 24.0 Å². The summed E-state index contributed by atoms with van der Waals surface area (Å²) in [6, 6.07) is 14.1. The molecular formula is C22H28N2O2S2. The second kappa shape index (κ2) is 11.7. The van der Waals surface area contributed by atoms with Gasteiger partial charge in [0.1, 0.15) is 0 Å². The first-order valence-electron chi connectivity index (χ1n) is 9.46. The Morgan fingerprint density at radius 1 is 1.18 bits per heavy atom. The van der Waals surface area contributed by atoms with Crippen LogP contribution in [0.3, 0.4) is 0 Å². The second-order valence-corrected chi connectivity index (χ2v) is 7.99. The van der Waals surface area contributed by atoms with Crippen LogP contribution in [0, 0.1) is 13.8 Å². The molecule has 2 aromatic rings. The van der Waals surface area contributed by atoms with Crippen molar-refractivity contribution >= 4 is 40.7 Å². The molecule has 0 aliphatic carbocycles. The van der Waals surface area contributed by atoms with Gasteiger partial charge in [-0.05, 0) is 68.4 Å². The van der Waals surface area contributed by atoms with Crippen LogP contribution < -0.4 is 10.6 Å². The Labute approximate surface area is 177 Å². The molecule has 2 rings (SSSR count). The van der Waals surface area contributed by atoms with E-state index in [1.54, 1.807) is 13.0 Å². The van der Waals surface area contributed by atoms with Crippen molar-refractivity contribution < 1.29 is 9.53 Å². The number of hydrogen-bond donors (Lipinski definition) is 2. The summed E-state index contributed by atoms with van der Waals surface area (Å²) in [4.78, 5) is 12.0. The highest BCUT2D eigenvalue weighted by Gasteiger charge is 2.13. The van der Waals surface area contributed by atoms with Gasteiger partial charge in [0, 0.05) is 18.0 Å². The molecular weight excluding hydrogens is 388 g/mol. The number of thioether (sulfide) groups is 1. The summed E-state index contributed by atoms with van der Waals surface area (Å²) in [5.41, 5.74) is 4.88. The van der Waals surface area contributed by atoms with E-state index in [1.165, 1.54) is 11.1 Å². The smallest absolute Gasteiger partial charge is 0.338 e. The zero-order valence-electron chi connectivity index (χ0n) is 16.7. The highest BCUT2D eigenvalue weighted by atomic mass is 32.2. The van der Waals surface area contributed by atoms with Gasteiger partial charge in [0.15, 0.2) is 5.11 Å². The number of nitrogens with one attached hydrogen (secondary N) is 2. The van der Waals surface area contributed by atoms with E-state index < -0.39 is 0 Å². The third-order valence-corrected chi connectivity index (χ3v) is 5.54. The van der Waals surface area contributed by atoms with Crippen LogP contribution in [0.1, 0.15) is 40.4 Å². The van der Waals surface area contributed by atoms with Crippen LogP contribution in [0.2, 0.25) is 0 Å². The largest absolute Gasteiger partial charge is 0.462 e. The fourth-order valence-corrected chi connectivity index (χ4v) is 3.86. The van der Waals surface area contributed by atoms with Crippen LogP contribution in [0.4, 0.5) is 5.69 Å². The van der Waals surface area contributed by atoms with E-state index in [2.05, 4.69) is 41.8 Å². The molecule has 4 nitrogen and oxygen atoms in total. The lowest BCUT2D eigenvalue weighted by molar-refractivity contribution is 0.0525. The Balaban J connectivity index is 1.71. The minimum atomic E-state index is -0.312. The average molecular weight is 417 g/mol. The number of hydrogen-bond acceptors (Lipinski definition) is 4. The molecule has 0 fully saturated rings. The molecule has 0 saturated carbocycles. The number of esters is 1. The molecule has 0 saturated heterocycles. The average Bonchev–Trinajstić information content (AvgIpc) is 2.66. The van der Waals surface area contributed by atoms with Crippen LogP contribution in [-0.4, -0.2) is 30.0 Å². The summed E-state index contributed by atoms with van der Waals surface area (Å²) in [7, 11) is 0. The quantitative estimate of drug-likeness (QED) is 0.337. The van der Waals surface area contributed by atoms with E-state index >= 15 is 0 Å². The third kappa shape index (κ3) is 7.17. The van der Waals surface area contributed by atoms with Crippen molar-refractivity contribution in [1.82, 2.24) is 5.32 Å². The number of aryl methyl sites for hydroxylation is 1. The van der Waals surface area contributed by atoms with Gasteiger partial charge in [-0.25, -0.2) is 4.79 Å². The number of carbonyl (C=O) groups is 1. The molecule has 150 valence electrons. The van der Waals surface area contributed by atoms with Crippen LogP contribution in [-0.2, 0) is 10.5 Å². The van der Waals surface area contributed by atoms with E-state index in [0.29, 0.717) is 17.3 Å². The van der Waals surface area contributed by atoms with Crippen LogP contribution in [0.5, 0.6) is 0 Å². The number of ether oxygens (including phenoxy) is 1. The molecule has 0 bridgehead atoms. The fraction of sp³-hybridized carbons (Fsp3) is 0.364. The Morgan fingerprint density at radius 2 is 1.96 bits per heavy atom. The standard InChI is InChI=1S/C22H28N2O2S2/c1-4-26-21(25)19-10-6-11-20(17(19)3)24-22(27)23-12-7-13-28-15-18-9-5-8-16(2)14-18/h5-6,8-11,14H,4,7,12-13,15H2,1-3H3,(H2,23,24,27). The topological polar surface area (TPSA) is 50.4 Å². The van der Waals surface area contributed by atoms with Crippen molar-refractivity contribution in [2.75, 3.05) is 24.2 Å². The molecule has 0 aliphatic rings. The SMILES string of the molecule is CCOC(=O)c1cccc(NC(=S)NCCCSCc2cccc(C)c2)c1C. The number of carbonyl (C=O) groups excluding carboxylic acids is 1. The third-order valence-electron chi connectivity index (χ3n) is 4.18. The Morgan fingerprint density at radius 3 is 2.71 bits per heavy atom. The summed E-state index contributed by atoms with van der Waals surface area (Å²) in [6.45, 7) is 6.98. The maximum atomic E-state index is 12.0. The Kier molecular flexibility index (Phi) is 9.31. The molecule has 2 N–H and O–H groups in total. The molecule has 0 unspecified atom stereocenters. The van der Waals surface area contributed by atoms with Gasteiger partial charge in [0.2, 0.25) is 0 Å². The van der Waals surface area contributed by atoms with Gasteiger partial charge >= 0.3 is 5.97 Å². The molecule has 0 aliphatic heterocycles. The molecule has 0 amide bonds. The lowest BCUT2D eigenvalue weighted by Crippen LogP contribution is -2.30. The summed E-state index contributed by atoms with van der Waals surface area (Å²) in [5.74, 6) is 1.79. The highest BCUT2D eigenvalue weighted by Crippen LogP contribution is 2.20. The van der Waals surface area contributed by atoms with Gasteiger partial charge < -0.3 is 15.4 Å². The maximum absolute atomic E-state index is 12.0. The Bertz CT molecular complexity index is 809. The van der Waals surface area contributed by atoms with Gasteiger partial charge in [-0.2, -0.15) is 11.8 Å². The molecule has 2 aromatic carbocycles. The Hall–Kier alpha value is -2.05. The van der Waals surface area contributed by atoms with Crippen molar-refractivity contribution in [3.8, 4) is 0 Å². The van der Waals surface area contributed by atoms with Gasteiger partial charge in [-0.15, -0.1) is 0 Å². The molecule has 0 atom stereocenters. The van der Waals surface area contributed by atoms with E-state index in [1.807, 2.05) is 30.8 Å². The second-order valence-electron chi connectivity index (χ2n) is 6.47. The minimum absolute atomic E-state index is 0.312. The van der Waals surface area contributed by atoms with Gasteiger partial charge in [0.25, 0.3) is 0 Å². The first kappa shape index (κ1) is 22.2. The highest BCUT2D eigenvalue weighted by molar-refractivity contribution is 7.98. The molecule has 0 heterocycles. The molecule has 6 heteroatoms. The maximum Gasteiger partial charge on any atom is 0.338 e. The normalized spacial score (nSPS) is 10.4. The van der Waals surface area contributed by atoms with Crippen molar-refractivity contribution in [3.05, 3.63) is 64.7 Å². The zero-order chi connectivity index (χ0) is 20.4. The zero-order valence-corrected chi connectivity index (χ0v) is 18.3. The van der Waals surface area contributed by atoms with Gasteiger partial charge in [0.05, 0.1) is 12.2 Å². The molecule has 0 aromatic heterocycles. The summed E-state index contributed by atoms with van der Waals surface area (Å²) in [5, 5.41) is 6.97. The number of benzene rings is 2. The lowest BCUT2D eigenvalue weighted by atomic mass is 10.1. The monoisotopic (exact) mass is 416 g/mol. The molecule has 0 spiro atoms. The predicted molar refractivity (Wildman–Crippen MR) is 123 cm³/mol. The minimum Gasteiger partial charge on any atom is -0.462 e. The molecule has 28 heavy (non-hydrogen) atoms. The first-order chi connectivity index (χ1) is 13.5. The van der Waals surface area contributed by atoms with E-state index in [-0.39, 0.29) is 5.97 Å². The summed E-state index contributed by atoms with van der Waals surface area (Å²) in [6.07, 6.45) is 1.03. The number of anilines is 1. The van der Waals surface area contributed by atoms with Crippen molar-refractivity contribution in [2.45, 2.75) is 32.9 Å². The first-order valence-corrected chi connectivity index (χ1v) is 11.0. The van der Waals surface area contributed by atoms with Gasteiger partial charge in [-0.1, -0.05) is 35.9 Å². The number of rotatable bonds is 9. The van der Waals surface area contributed by atoms with Gasteiger partial charge in [-0.3, -0.25) is 0 Å². The van der Waals surface area contributed by atoms with E-state index in [0.717, 1.165) is 35.7 Å². The van der Waals surface area contributed by atoms with Crippen LogP contribution in [0.25, 0.3) is 0 Å². The van der Waals surface area contributed by atoms with Crippen molar-refractivity contribution in [1.29, 1.82) is 0 Å². The fourth-order valence-electron chi connectivity index (χ4n) is 2.74. The summed E-state index contributed by atoms with van der Waals surface area (Å²) < 4.78 is 5.09. The van der Waals surface area contributed by atoms with Crippen LogP contribution in [0.15, 0.2) is 42.5 Å². The van der Waals surface area contributed by atoms with E-state index in [4.69, 9.17) is 17.0 Å². The summed E-state index contributed by atoms with van der Waals surface area (Å²) >= 11 is 7.31.